The van der Waals surface area contributed by atoms with E-state index in [0.717, 1.165) is 12.1 Å². The van der Waals surface area contributed by atoms with Crippen molar-refractivity contribution in [2.24, 2.45) is 0 Å². The van der Waals surface area contributed by atoms with Crippen LogP contribution in [0.1, 0.15) is 29.3 Å². The number of aryl methyl sites for hydroxylation is 1. The third-order valence-corrected chi connectivity index (χ3v) is 6.76. The number of benzene rings is 2. The van der Waals surface area contributed by atoms with Crippen molar-refractivity contribution in [3.05, 3.63) is 71.7 Å². The van der Waals surface area contributed by atoms with Gasteiger partial charge < -0.3 is 25.8 Å². The minimum Gasteiger partial charge on any atom is -0.494 e. The summed E-state index contributed by atoms with van der Waals surface area (Å²) in [5.41, 5.74) is 1.90. The lowest BCUT2D eigenvalue weighted by atomic mass is 10.0. The van der Waals surface area contributed by atoms with Gasteiger partial charge in [0, 0.05) is 42.3 Å². The van der Waals surface area contributed by atoms with E-state index in [-0.39, 0.29) is 23.8 Å². The second kappa shape index (κ2) is 10.3. The van der Waals surface area contributed by atoms with Gasteiger partial charge in [-0.25, -0.2) is 14.4 Å². The van der Waals surface area contributed by atoms with Gasteiger partial charge in [-0.1, -0.05) is 6.92 Å². The van der Waals surface area contributed by atoms with Crippen LogP contribution in [0, 0.1) is 11.6 Å². The van der Waals surface area contributed by atoms with Crippen LogP contribution >= 0.6 is 0 Å². The maximum atomic E-state index is 14.8. The van der Waals surface area contributed by atoms with Crippen molar-refractivity contribution in [1.82, 2.24) is 25.0 Å². The fourth-order valence-corrected chi connectivity index (χ4v) is 4.64. The van der Waals surface area contributed by atoms with Gasteiger partial charge in [-0.05, 0) is 55.3 Å². The zero-order valence-electron chi connectivity index (χ0n) is 21.0. The molecule has 5 rings (SSSR count). The fraction of sp³-hybridized carbons (Fsp3) is 0.296. The molecule has 11 heteroatoms. The van der Waals surface area contributed by atoms with Crippen LogP contribution < -0.4 is 20.7 Å². The number of amides is 1. The zero-order valence-corrected chi connectivity index (χ0v) is 21.0. The Morgan fingerprint density at radius 3 is 2.82 bits per heavy atom. The van der Waals surface area contributed by atoms with Gasteiger partial charge in [-0.15, -0.1) is 0 Å². The predicted octanol–water partition coefficient (Wildman–Crippen LogP) is 3.44. The van der Waals surface area contributed by atoms with Gasteiger partial charge in [0.05, 0.1) is 24.6 Å². The Balaban J connectivity index is 1.39. The number of halogens is 2. The molecule has 1 aliphatic rings. The van der Waals surface area contributed by atoms with E-state index in [4.69, 9.17) is 4.74 Å². The van der Waals surface area contributed by atoms with Crippen LogP contribution in [0.3, 0.4) is 0 Å². The number of rotatable bonds is 8. The molecule has 4 aromatic rings. The Hall–Kier alpha value is -4.09. The summed E-state index contributed by atoms with van der Waals surface area (Å²) < 4.78 is 35.6. The van der Waals surface area contributed by atoms with Crippen LogP contribution in [0.25, 0.3) is 16.9 Å². The van der Waals surface area contributed by atoms with Crippen molar-refractivity contribution in [3.8, 4) is 17.0 Å². The summed E-state index contributed by atoms with van der Waals surface area (Å²) in [5.74, 6) is -2.13. The second-order valence-electron chi connectivity index (χ2n) is 9.24. The Morgan fingerprint density at radius 1 is 1.24 bits per heavy atom. The number of fused-ring (bicyclic) bond motifs is 1. The molecule has 1 saturated heterocycles. The van der Waals surface area contributed by atoms with Crippen molar-refractivity contribution in [1.29, 1.82) is 0 Å². The lowest BCUT2D eigenvalue weighted by molar-refractivity contribution is 0.0561. The van der Waals surface area contributed by atoms with Crippen LogP contribution in [-0.4, -0.2) is 57.7 Å². The zero-order chi connectivity index (χ0) is 26.9. The largest absolute Gasteiger partial charge is 0.494 e. The molecule has 198 valence electrons. The number of carbonyl (C=O) groups excluding carboxylic acids is 1. The molecule has 3 heterocycles. The second-order valence-corrected chi connectivity index (χ2v) is 9.24. The van der Waals surface area contributed by atoms with Gasteiger partial charge in [0.2, 0.25) is 5.82 Å². The highest BCUT2D eigenvalue weighted by Gasteiger charge is 2.31. The summed E-state index contributed by atoms with van der Waals surface area (Å²) in [6, 6.07) is 8.14. The average Bonchev–Trinajstić information content (AvgIpc) is 3.56. The first-order chi connectivity index (χ1) is 18.3. The number of imidazole rings is 1. The van der Waals surface area contributed by atoms with E-state index < -0.39 is 17.2 Å². The first kappa shape index (κ1) is 25.6. The van der Waals surface area contributed by atoms with Gasteiger partial charge in [0.1, 0.15) is 0 Å². The number of nitrogens with one attached hydrogen (secondary N) is 3. The maximum Gasteiger partial charge on any atom is 0.251 e. The molecule has 0 aliphatic carbocycles. The Kier molecular flexibility index (Phi) is 6.96. The average molecular weight is 523 g/mol. The summed E-state index contributed by atoms with van der Waals surface area (Å²) in [6.07, 6.45) is 5.79. The number of β-amino-alcohol motifs (C(OH)–C–C–N with tert-alkyl or cyclic N) is 1. The number of hydrogen-bond acceptors (Lipinski definition) is 7. The molecule has 0 saturated carbocycles. The van der Waals surface area contributed by atoms with Crippen LogP contribution in [0.4, 0.5) is 20.3 Å². The summed E-state index contributed by atoms with van der Waals surface area (Å²) in [6.45, 7) is 3.30. The summed E-state index contributed by atoms with van der Waals surface area (Å²) >= 11 is 0. The maximum absolute atomic E-state index is 14.8. The topological polar surface area (TPSA) is 113 Å². The number of aromatic nitrogens is 3. The molecule has 0 spiro atoms. The van der Waals surface area contributed by atoms with Crippen molar-refractivity contribution in [3.63, 3.8) is 0 Å². The first-order valence-electron chi connectivity index (χ1n) is 12.3. The summed E-state index contributed by atoms with van der Waals surface area (Å²) in [4.78, 5) is 21.6. The van der Waals surface area contributed by atoms with Gasteiger partial charge in [0.15, 0.2) is 23.0 Å². The van der Waals surface area contributed by atoms with E-state index in [1.807, 2.05) is 13.0 Å². The molecule has 1 unspecified atom stereocenters. The monoisotopic (exact) mass is 522 g/mol. The SMILES string of the molecule is CCc1cc(Nc2nccn3c(-c4ccc(OC)c(F)c4F)cnc23)ccc1C(=O)NCC1(O)CCNC1. The van der Waals surface area contributed by atoms with E-state index in [2.05, 4.69) is 25.9 Å². The minimum atomic E-state index is -1.07. The Morgan fingerprint density at radius 2 is 2.08 bits per heavy atom. The van der Waals surface area contributed by atoms with Crippen molar-refractivity contribution in [2.45, 2.75) is 25.4 Å². The Labute approximate surface area is 217 Å². The highest BCUT2D eigenvalue weighted by molar-refractivity contribution is 5.96. The number of nitrogens with zero attached hydrogens (tertiary/aromatic N) is 3. The van der Waals surface area contributed by atoms with Gasteiger partial charge >= 0.3 is 0 Å². The van der Waals surface area contributed by atoms with Crippen molar-refractivity contribution < 1.29 is 23.4 Å². The lowest BCUT2D eigenvalue weighted by Crippen LogP contribution is -2.44. The fourth-order valence-electron chi connectivity index (χ4n) is 4.64. The van der Waals surface area contributed by atoms with Crippen molar-refractivity contribution >= 4 is 23.1 Å². The molecule has 2 aromatic heterocycles. The number of methoxy groups -OCH3 is 1. The van der Waals surface area contributed by atoms with Gasteiger partial charge in [0.25, 0.3) is 5.91 Å². The van der Waals surface area contributed by atoms with Crippen molar-refractivity contribution in [2.75, 3.05) is 32.1 Å². The molecule has 1 amide bonds. The molecule has 4 N–H and O–H groups in total. The minimum absolute atomic E-state index is 0.0367. The third-order valence-electron chi connectivity index (χ3n) is 6.76. The summed E-state index contributed by atoms with van der Waals surface area (Å²) in [5, 5.41) is 19.6. The highest BCUT2D eigenvalue weighted by atomic mass is 19.2. The molecule has 0 radical (unpaired) electrons. The standard InChI is InChI=1S/C27H28F2N6O3/c1-3-16-12-17(4-5-18(16)26(36)33-15-27(37)8-9-30-14-27)34-24-25-32-13-20(35(25)11-10-31-24)19-6-7-21(38-2)23(29)22(19)28/h4-7,10-13,30,37H,3,8-9,14-15H2,1-2H3,(H,31,34)(H,33,36). The summed E-state index contributed by atoms with van der Waals surface area (Å²) in [7, 11) is 1.27. The van der Waals surface area contributed by atoms with Crippen LogP contribution in [0.15, 0.2) is 48.9 Å². The molecule has 38 heavy (non-hydrogen) atoms. The lowest BCUT2D eigenvalue weighted by Gasteiger charge is -2.22. The predicted molar refractivity (Wildman–Crippen MR) is 139 cm³/mol. The van der Waals surface area contributed by atoms with Gasteiger partial charge in [-0.2, -0.15) is 4.39 Å². The molecule has 2 aromatic carbocycles. The number of carbonyl (C=O) groups is 1. The van der Waals surface area contributed by atoms with E-state index in [1.54, 1.807) is 22.7 Å². The molecule has 1 atom stereocenters. The molecular weight excluding hydrogens is 494 g/mol. The smallest absolute Gasteiger partial charge is 0.251 e. The first-order valence-corrected chi connectivity index (χ1v) is 12.3. The number of ether oxygens (including phenoxy) is 1. The van der Waals surface area contributed by atoms with Gasteiger partial charge in [-0.3, -0.25) is 9.20 Å². The number of hydrogen-bond donors (Lipinski definition) is 4. The quantitative estimate of drug-likeness (QED) is 0.280. The van der Waals surface area contributed by atoms with E-state index in [0.29, 0.717) is 47.8 Å². The molecule has 1 fully saturated rings. The van der Waals surface area contributed by atoms with Crippen LogP contribution in [0.2, 0.25) is 0 Å². The molecule has 1 aliphatic heterocycles. The normalized spacial score (nSPS) is 17.1. The number of anilines is 2. The van der Waals surface area contributed by atoms with E-state index in [1.165, 1.54) is 31.6 Å². The van der Waals surface area contributed by atoms with Crippen LogP contribution in [-0.2, 0) is 6.42 Å². The molecule has 9 nitrogen and oxygen atoms in total. The highest BCUT2D eigenvalue weighted by Crippen LogP contribution is 2.31. The van der Waals surface area contributed by atoms with Crippen LogP contribution in [0.5, 0.6) is 5.75 Å². The molecule has 0 bridgehead atoms. The van der Waals surface area contributed by atoms with E-state index >= 15 is 0 Å². The number of aliphatic hydroxyl groups is 1. The Bertz CT molecular complexity index is 1500. The molecular formula is C27H28F2N6O3. The third kappa shape index (κ3) is 4.77. The van der Waals surface area contributed by atoms with E-state index in [9.17, 15) is 18.7 Å².